The van der Waals surface area contributed by atoms with Gasteiger partial charge in [-0.05, 0) is 48.2 Å². The van der Waals surface area contributed by atoms with Gasteiger partial charge in [-0.3, -0.25) is 19.5 Å². The van der Waals surface area contributed by atoms with Gasteiger partial charge in [0.15, 0.2) is 0 Å². The number of nitrogens with one attached hydrogen (secondary N) is 1. The first-order chi connectivity index (χ1) is 18.5. The van der Waals surface area contributed by atoms with E-state index in [2.05, 4.69) is 20.0 Å². The average Bonchev–Trinajstić information content (AvgIpc) is 2.96. The molecule has 3 aliphatic rings. The topological polar surface area (TPSA) is 48.1 Å². The number of hydrogen-bond donors (Lipinski definition) is 1. The van der Waals surface area contributed by atoms with Crippen molar-refractivity contribution in [1.29, 1.82) is 0 Å². The van der Waals surface area contributed by atoms with E-state index >= 15 is 0 Å². The van der Waals surface area contributed by atoms with E-state index in [4.69, 9.17) is 4.74 Å². The molecule has 0 bridgehead atoms. The number of carbonyl (C=O) groups excluding carboxylic acids is 1. The van der Waals surface area contributed by atoms with Crippen molar-refractivity contribution in [3.05, 3.63) is 71.3 Å². The lowest BCUT2D eigenvalue weighted by Crippen LogP contribution is -2.60. The van der Waals surface area contributed by atoms with Gasteiger partial charge in [0.25, 0.3) is 0 Å². The molecule has 2 aromatic rings. The fourth-order valence-electron chi connectivity index (χ4n) is 6.46. The van der Waals surface area contributed by atoms with Crippen LogP contribution in [0.2, 0.25) is 0 Å². The Kier molecular flexibility index (Phi) is 9.05. The number of rotatable bonds is 8. The molecule has 0 atom stereocenters. The van der Waals surface area contributed by atoms with Crippen molar-refractivity contribution < 1.29 is 18.3 Å². The van der Waals surface area contributed by atoms with E-state index in [1.807, 2.05) is 0 Å². The Balaban J connectivity index is 1.17. The molecule has 0 aromatic heterocycles. The lowest BCUT2D eigenvalue weighted by atomic mass is 9.79. The van der Waals surface area contributed by atoms with Crippen molar-refractivity contribution in [2.75, 3.05) is 65.6 Å². The van der Waals surface area contributed by atoms with E-state index in [1.165, 1.54) is 43.5 Å². The molecule has 38 heavy (non-hydrogen) atoms. The first-order valence-electron chi connectivity index (χ1n) is 14.1. The Hall–Kier alpha value is -2.39. The maximum atomic E-state index is 13.6. The summed E-state index contributed by atoms with van der Waals surface area (Å²) in [6, 6.07) is 13.0. The zero-order valence-corrected chi connectivity index (χ0v) is 22.2. The number of benzene rings is 2. The standard InChI is InChI=1S/C30H40F2N4O2/c31-26-8-4-24(5-9-26)29(25-6-10-27(32)11-7-25)35-16-14-34(15-17-35)22-28(37)33-23-30(12-2-1-3-13-30)36-18-20-38-21-19-36/h4-11,29H,1-3,12-23H2,(H,33,37). The van der Waals surface area contributed by atoms with Crippen LogP contribution in [0, 0.1) is 11.6 Å². The van der Waals surface area contributed by atoms with Crippen molar-refractivity contribution in [3.63, 3.8) is 0 Å². The molecule has 2 aliphatic heterocycles. The Morgan fingerprint density at radius 1 is 0.816 bits per heavy atom. The van der Waals surface area contributed by atoms with Crippen molar-refractivity contribution in [2.24, 2.45) is 0 Å². The maximum Gasteiger partial charge on any atom is 0.234 e. The molecule has 1 amide bonds. The van der Waals surface area contributed by atoms with E-state index in [-0.39, 0.29) is 29.1 Å². The molecule has 0 radical (unpaired) electrons. The van der Waals surface area contributed by atoms with Crippen LogP contribution in [-0.2, 0) is 9.53 Å². The van der Waals surface area contributed by atoms with Crippen LogP contribution in [0.1, 0.15) is 49.3 Å². The molecule has 5 rings (SSSR count). The number of ether oxygens (including phenoxy) is 1. The molecular formula is C30H40F2N4O2. The van der Waals surface area contributed by atoms with Gasteiger partial charge in [-0.1, -0.05) is 43.5 Å². The molecule has 2 aromatic carbocycles. The average molecular weight is 527 g/mol. The minimum Gasteiger partial charge on any atom is -0.379 e. The Morgan fingerprint density at radius 2 is 1.37 bits per heavy atom. The van der Waals surface area contributed by atoms with Crippen LogP contribution in [0.25, 0.3) is 0 Å². The van der Waals surface area contributed by atoms with Crippen molar-refractivity contribution in [3.8, 4) is 0 Å². The first-order valence-corrected chi connectivity index (χ1v) is 14.1. The Labute approximate surface area is 224 Å². The molecule has 206 valence electrons. The summed E-state index contributed by atoms with van der Waals surface area (Å²) in [6.45, 7) is 7.61. The molecule has 2 saturated heterocycles. The van der Waals surface area contributed by atoms with E-state index in [1.54, 1.807) is 24.3 Å². The summed E-state index contributed by atoms with van der Waals surface area (Å²) in [4.78, 5) is 20.1. The van der Waals surface area contributed by atoms with Gasteiger partial charge < -0.3 is 10.1 Å². The Bertz CT molecular complexity index is 984. The largest absolute Gasteiger partial charge is 0.379 e. The monoisotopic (exact) mass is 526 g/mol. The number of halogens is 2. The van der Waals surface area contributed by atoms with E-state index in [9.17, 15) is 13.6 Å². The second kappa shape index (κ2) is 12.6. The highest BCUT2D eigenvalue weighted by Gasteiger charge is 2.39. The molecule has 1 aliphatic carbocycles. The molecule has 0 spiro atoms. The summed E-state index contributed by atoms with van der Waals surface area (Å²) >= 11 is 0. The number of carbonyl (C=O) groups is 1. The second-order valence-electron chi connectivity index (χ2n) is 11.0. The van der Waals surface area contributed by atoms with Gasteiger partial charge in [-0.2, -0.15) is 0 Å². The summed E-state index contributed by atoms with van der Waals surface area (Å²) in [5.41, 5.74) is 2.02. The molecule has 2 heterocycles. The normalized spacial score (nSPS) is 21.4. The third-order valence-corrected chi connectivity index (χ3v) is 8.59. The predicted octanol–water partition coefficient (Wildman–Crippen LogP) is 3.82. The molecule has 3 fully saturated rings. The van der Waals surface area contributed by atoms with E-state index in [0.717, 1.165) is 76.5 Å². The third-order valence-electron chi connectivity index (χ3n) is 8.59. The van der Waals surface area contributed by atoms with Gasteiger partial charge in [-0.15, -0.1) is 0 Å². The van der Waals surface area contributed by atoms with Crippen LogP contribution in [0.4, 0.5) is 8.78 Å². The van der Waals surface area contributed by atoms with Crippen LogP contribution in [0.15, 0.2) is 48.5 Å². The molecular weight excluding hydrogens is 486 g/mol. The first kappa shape index (κ1) is 27.2. The number of piperazine rings is 1. The van der Waals surface area contributed by atoms with Crippen molar-refractivity contribution in [2.45, 2.75) is 43.7 Å². The second-order valence-corrected chi connectivity index (χ2v) is 11.0. The predicted molar refractivity (Wildman–Crippen MR) is 144 cm³/mol. The van der Waals surface area contributed by atoms with E-state index < -0.39 is 0 Å². The zero-order valence-electron chi connectivity index (χ0n) is 22.2. The highest BCUT2D eigenvalue weighted by Crippen LogP contribution is 2.34. The number of morpholine rings is 1. The fourth-order valence-corrected chi connectivity index (χ4v) is 6.46. The van der Waals surface area contributed by atoms with Gasteiger partial charge in [-0.25, -0.2) is 8.78 Å². The van der Waals surface area contributed by atoms with Crippen LogP contribution < -0.4 is 5.32 Å². The summed E-state index contributed by atoms with van der Waals surface area (Å²) in [6.07, 6.45) is 6.00. The van der Waals surface area contributed by atoms with Crippen LogP contribution in [-0.4, -0.2) is 91.7 Å². The minimum atomic E-state index is -0.272. The quantitative estimate of drug-likeness (QED) is 0.567. The summed E-state index contributed by atoms with van der Waals surface area (Å²) in [5.74, 6) is -0.456. The van der Waals surface area contributed by atoms with Crippen molar-refractivity contribution in [1.82, 2.24) is 20.0 Å². The number of amides is 1. The lowest BCUT2D eigenvalue weighted by Gasteiger charge is -2.48. The smallest absolute Gasteiger partial charge is 0.234 e. The van der Waals surface area contributed by atoms with Gasteiger partial charge in [0.05, 0.1) is 25.8 Å². The van der Waals surface area contributed by atoms with Gasteiger partial charge in [0.1, 0.15) is 11.6 Å². The molecule has 6 nitrogen and oxygen atoms in total. The highest BCUT2D eigenvalue weighted by atomic mass is 19.1. The minimum absolute atomic E-state index is 0.0634. The summed E-state index contributed by atoms with van der Waals surface area (Å²) < 4.78 is 32.8. The molecule has 0 unspecified atom stereocenters. The summed E-state index contributed by atoms with van der Waals surface area (Å²) in [5, 5.41) is 3.29. The SMILES string of the molecule is O=C(CN1CCN(C(c2ccc(F)cc2)c2ccc(F)cc2)CC1)NCC1(N2CCOCC2)CCCCC1. The van der Waals surface area contributed by atoms with Crippen LogP contribution in [0.3, 0.4) is 0 Å². The summed E-state index contributed by atoms with van der Waals surface area (Å²) in [7, 11) is 0. The zero-order chi connectivity index (χ0) is 26.4. The molecule has 8 heteroatoms. The van der Waals surface area contributed by atoms with Gasteiger partial charge in [0.2, 0.25) is 5.91 Å². The number of hydrogen-bond acceptors (Lipinski definition) is 5. The van der Waals surface area contributed by atoms with Crippen molar-refractivity contribution >= 4 is 5.91 Å². The third kappa shape index (κ3) is 6.60. The molecule has 1 saturated carbocycles. The molecule has 1 N–H and O–H groups in total. The van der Waals surface area contributed by atoms with Crippen LogP contribution in [0.5, 0.6) is 0 Å². The fraction of sp³-hybridized carbons (Fsp3) is 0.567. The van der Waals surface area contributed by atoms with Crippen LogP contribution >= 0.6 is 0 Å². The van der Waals surface area contributed by atoms with Gasteiger partial charge >= 0.3 is 0 Å². The van der Waals surface area contributed by atoms with E-state index in [0.29, 0.717) is 13.1 Å². The lowest BCUT2D eigenvalue weighted by molar-refractivity contribution is -0.124. The maximum absolute atomic E-state index is 13.6. The highest BCUT2D eigenvalue weighted by molar-refractivity contribution is 5.78. The van der Waals surface area contributed by atoms with Gasteiger partial charge in [0, 0.05) is 51.4 Å². The number of nitrogens with zero attached hydrogens (tertiary/aromatic N) is 3. The Morgan fingerprint density at radius 3 is 1.92 bits per heavy atom.